The molecule has 0 bridgehead atoms. The van der Waals surface area contributed by atoms with E-state index in [9.17, 15) is 14.0 Å². The molecule has 2 heterocycles. The summed E-state index contributed by atoms with van der Waals surface area (Å²) in [7, 11) is 3.24. The van der Waals surface area contributed by atoms with Gasteiger partial charge in [-0.15, -0.1) is 0 Å². The Morgan fingerprint density at radius 2 is 2.09 bits per heavy atom. The fourth-order valence-electron chi connectivity index (χ4n) is 3.96. The van der Waals surface area contributed by atoms with Gasteiger partial charge in [-0.2, -0.15) is 0 Å². The van der Waals surface area contributed by atoms with Crippen LogP contribution in [0.15, 0.2) is 30.3 Å². The van der Waals surface area contributed by atoms with Crippen molar-refractivity contribution in [2.24, 2.45) is 0 Å². The molecule has 1 atom stereocenters. The monoisotopic (exact) mass is 490 g/mol. The van der Waals surface area contributed by atoms with Gasteiger partial charge in [0.15, 0.2) is 0 Å². The number of nitrogens with one attached hydrogen (secondary N) is 2. The minimum absolute atomic E-state index is 0.0186. The average molecular weight is 491 g/mol. The largest absolute Gasteiger partial charge is 0.467 e. The molecule has 0 saturated carbocycles. The zero-order valence-corrected chi connectivity index (χ0v) is 20.5. The number of nitrogens with zero attached hydrogens (tertiary/aromatic N) is 2. The third kappa shape index (κ3) is 7.14. The summed E-state index contributed by atoms with van der Waals surface area (Å²) in [5.74, 6) is -0.835. The molecule has 2 N–H and O–H groups in total. The lowest BCUT2D eigenvalue weighted by Crippen LogP contribution is -2.43. The minimum Gasteiger partial charge on any atom is -0.467 e. The number of ether oxygens (including phenoxy) is 1. The number of methoxy groups -OCH3 is 1. The minimum atomic E-state index is -0.855. The Hall–Kier alpha value is -2.71. The second kappa shape index (κ2) is 12.7. The number of halogens is 2. The third-order valence-corrected chi connectivity index (χ3v) is 6.35. The number of fused-ring (bicyclic) bond motifs is 1. The predicted octanol–water partition coefficient (Wildman–Crippen LogP) is 3.85. The summed E-state index contributed by atoms with van der Waals surface area (Å²) in [6.45, 7) is 2.41. The predicted molar refractivity (Wildman–Crippen MR) is 131 cm³/mol. The first-order valence-corrected chi connectivity index (χ1v) is 12.0. The number of aryl methyl sites for hydroxylation is 2. The quantitative estimate of drug-likeness (QED) is 0.368. The van der Waals surface area contributed by atoms with Gasteiger partial charge >= 0.3 is 5.97 Å². The van der Waals surface area contributed by atoms with Crippen molar-refractivity contribution in [2.75, 3.05) is 39.1 Å². The number of unbranched alkanes of at least 4 members (excludes halogenated alkanes) is 1. The zero-order valence-electron chi connectivity index (χ0n) is 19.7. The Kier molecular flexibility index (Phi) is 9.65. The number of benzene rings is 1. The molecule has 1 amide bonds. The highest BCUT2D eigenvalue weighted by atomic mass is 35.5. The van der Waals surface area contributed by atoms with E-state index in [1.54, 1.807) is 0 Å². The number of anilines is 1. The Morgan fingerprint density at radius 3 is 2.88 bits per heavy atom. The molecule has 0 unspecified atom stereocenters. The number of pyridine rings is 1. The third-order valence-electron chi connectivity index (χ3n) is 5.96. The molecule has 1 aromatic carbocycles. The standard InChI is InChI=1S/C25H32ClFN4O3/c1-31(15-4-3-8-18-12-11-17-7-6-14-28-23(17)29-18)16-13-21(25(33)34-2)30-24(32)19-9-5-10-20(27)22(19)26/h5,9-12,21H,3-4,6-8,13-16H2,1-2H3,(H,28,29)(H,30,32)/t21-/m0/s1. The Labute approximate surface area is 205 Å². The highest BCUT2D eigenvalue weighted by Crippen LogP contribution is 2.21. The van der Waals surface area contributed by atoms with Crippen LogP contribution in [-0.4, -0.2) is 61.6 Å². The summed E-state index contributed by atoms with van der Waals surface area (Å²) in [5, 5.41) is 5.71. The second-order valence-electron chi connectivity index (χ2n) is 8.54. The number of esters is 1. The van der Waals surface area contributed by atoms with Crippen molar-refractivity contribution in [3.63, 3.8) is 0 Å². The zero-order chi connectivity index (χ0) is 24.5. The topological polar surface area (TPSA) is 83.6 Å². The smallest absolute Gasteiger partial charge is 0.328 e. The fourth-order valence-corrected chi connectivity index (χ4v) is 4.18. The van der Waals surface area contributed by atoms with Crippen molar-refractivity contribution < 1.29 is 18.7 Å². The Balaban J connectivity index is 1.43. The van der Waals surface area contributed by atoms with Gasteiger partial charge in [0.1, 0.15) is 17.7 Å². The lowest BCUT2D eigenvalue weighted by Gasteiger charge is -2.21. The van der Waals surface area contributed by atoms with Crippen LogP contribution >= 0.6 is 11.6 Å². The van der Waals surface area contributed by atoms with Gasteiger partial charge in [-0.3, -0.25) is 4.79 Å². The molecule has 34 heavy (non-hydrogen) atoms. The first-order chi connectivity index (χ1) is 16.4. The summed E-state index contributed by atoms with van der Waals surface area (Å²) in [6.07, 6.45) is 5.50. The van der Waals surface area contributed by atoms with E-state index in [1.807, 2.05) is 7.05 Å². The van der Waals surface area contributed by atoms with Crippen LogP contribution in [0.4, 0.5) is 10.2 Å². The van der Waals surface area contributed by atoms with Crippen LogP contribution in [0, 0.1) is 5.82 Å². The molecule has 3 rings (SSSR count). The molecule has 1 aliphatic rings. The van der Waals surface area contributed by atoms with Gasteiger partial charge < -0.3 is 20.3 Å². The number of hydrogen-bond donors (Lipinski definition) is 2. The van der Waals surface area contributed by atoms with E-state index in [0.29, 0.717) is 13.0 Å². The summed E-state index contributed by atoms with van der Waals surface area (Å²) in [6, 6.07) is 7.41. The molecule has 7 nitrogen and oxygen atoms in total. The van der Waals surface area contributed by atoms with Crippen molar-refractivity contribution in [3.05, 3.63) is 58.0 Å². The molecule has 1 aromatic heterocycles. The molecule has 0 aliphatic carbocycles. The van der Waals surface area contributed by atoms with Crippen molar-refractivity contribution in [3.8, 4) is 0 Å². The van der Waals surface area contributed by atoms with Gasteiger partial charge in [-0.25, -0.2) is 14.2 Å². The van der Waals surface area contributed by atoms with Gasteiger partial charge in [0, 0.05) is 18.8 Å². The molecule has 9 heteroatoms. The van der Waals surface area contributed by atoms with E-state index >= 15 is 0 Å². The fraction of sp³-hybridized carbons (Fsp3) is 0.480. The number of carbonyl (C=O) groups excluding carboxylic acids is 2. The van der Waals surface area contributed by atoms with E-state index in [1.165, 1.54) is 30.9 Å². The van der Waals surface area contributed by atoms with Gasteiger partial charge in [0.05, 0.1) is 17.7 Å². The highest BCUT2D eigenvalue weighted by Gasteiger charge is 2.24. The maximum absolute atomic E-state index is 13.7. The number of hydrogen-bond acceptors (Lipinski definition) is 6. The normalized spacial score (nSPS) is 13.7. The maximum Gasteiger partial charge on any atom is 0.328 e. The van der Waals surface area contributed by atoms with Crippen LogP contribution in [0.5, 0.6) is 0 Å². The van der Waals surface area contributed by atoms with E-state index in [-0.39, 0.29) is 10.6 Å². The first kappa shape index (κ1) is 25.9. The van der Waals surface area contributed by atoms with Crippen LogP contribution in [0.3, 0.4) is 0 Å². The number of rotatable bonds is 11. The van der Waals surface area contributed by atoms with Gasteiger partial charge in [0.25, 0.3) is 5.91 Å². The van der Waals surface area contributed by atoms with Gasteiger partial charge in [-0.05, 0) is 75.9 Å². The summed E-state index contributed by atoms with van der Waals surface area (Å²) >= 11 is 5.89. The molecular formula is C25H32ClFN4O3. The molecule has 0 fully saturated rings. The van der Waals surface area contributed by atoms with E-state index < -0.39 is 23.7 Å². The maximum atomic E-state index is 13.7. The van der Waals surface area contributed by atoms with Gasteiger partial charge in [-0.1, -0.05) is 23.7 Å². The van der Waals surface area contributed by atoms with Crippen LogP contribution < -0.4 is 10.6 Å². The molecule has 0 spiro atoms. The number of aromatic nitrogens is 1. The Bertz CT molecular complexity index is 1000. The lowest BCUT2D eigenvalue weighted by molar-refractivity contribution is -0.143. The van der Waals surface area contributed by atoms with E-state index in [0.717, 1.165) is 56.7 Å². The number of carbonyl (C=O) groups is 2. The van der Waals surface area contributed by atoms with Gasteiger partial charge in [0.2, 0.25) is 0 Å². The summed E-state index contributed by atoms with van der Waals surface area (Å²) in [4.78, 5) is 31.6. The Morgan fingerprint density at radius 1 is 1.26 bits per heavy atom. The van der Waals surface area contributed by atoms with Crippen molar-refractivity contribution >= 4 is 29.3 Å². The van der Waals surface area contributed by atoms with Crippen LogP contribution in [0.1, 0.15) is 47.3 Å². The summed E-state index contributed by atoms with van der Waals surface area (Å²) in [5.41, 5.74) is 2.37. The number of amides is 1. The van der Waals surface area contributed by atoms with E-state index in [2.05, 4.69) is 27.7 Å². The molecule has 1 aliphatic heterocycles. The molecule has 0 radical (unpaired) electrons. The second-order valence-corrected chi connectivity index (χ2v) is 8.92. The molecule has 0 saturated heterocycles. The van der Waals surface area contributed by atoms with Crippen molar-refractivity contribution in [1.29, 1.82) is 0 Å². The SMILES string of the molecule is COC(=O)[C@H](CCN(C)CCCCc1ccc2c(n1)NCCC2)NC(=O)c1cccc(F)c1Cl. The highest BCUT2D eigenvalue weighted by molar-refractivity contribution is 6.34. The van der Waals surface area contributed by atoms with Crippen LogP contribution in [0.2, 0.25) is 5.02 Å². The van der Waals surface area contributed by atoms with E-state index in [4.69, 9.17) is 21.3 Å². The van der Waals surface area contributed by atoms with Crippen LogP contribution in [-0.2, 0) is 22.4 Å². The lowest BCUT2D eigenvalue weighted by atomic mass is 10.1. The first-order valence-electron chi connectivity index (χ1n) is 11.6. The molecule has 2 aromatic rings. The van der Waals surface area contributed by atoms with Crippen molar-refractivity contribution in [2.45, 2.75) is 44.6 Å². The molecular weight excluding hydrogens is 459 g/mol. The average Bonchev–Trinajstić information content (AvgIpc) is 2.85. The summed E-state index contributed by atoms with van der Waals surface area (Å²) < 4.78 is 18.5. The van der Waals surface area contributed by atoms with Crippen molar-refractivity contribution in [1.82, 2.24) is 15.2 Å². The van der Waals surface area contributed by atoms with Crippen LogP contribution in [0.25, 0.3) is 0 Å². The molecule has 184 valence electrons.